The van der Waals surface area contributed by atoms with Gasteiger partial charge in [0.25, 0.3) is 5.79 Å². The van der Waals surface area contributed by atoms with Gasteiger partial charge in [0.05, 0.1) is 27.8 Å². The average Bonchev–Trinajstić information content (AvgIpc) is 3.47. The molecule has 0 amide bonds. The summed E-state index contributed by atoms with van der Waals surface area (Å²) in [6.45, 7) is 3.95. The van der Waals surface area contributed by atoms with Crippen LogP contribution in [0.1, 0.15) is 66.5 Å². The monoisotopic (exact) mass is 595 g/mol. The maximum absolute atomic E-state index is 14.8. The van der Waals surface area contributed by atoms with Gasteiger partial charge in [-0.15, -0.1) is 0 Å². The Kier molecular flexibility index (Phi) is 7.43. The highest BCUT2D eigenvalue weighted by molar-refractivity contribution is 7.92. The van der Waals surface area contributed by atoms with Crippen molar-refractivity contribution in [3.05, 3.63) is 87.4 Å². The van der Waals surface area contributed by atoms with E-state index in [0.717, 1.165) is 42.8 Å². The molecule has 7 nitrogen and oxygen atoms in total. The van der Waals surface area contributed by atoms with E-state index in [1.54, 1.807) is 31.3 Å². The maximum Gasteiger partial charge on any atom is 0.278 e. The first-order chi connectivity index (χ1) is 19.6. The molecule has 3 aliphatic rings. The number of nitrogens with zero attached hydrogens (tertiary/aromatic N) is 3. The molecule has 41 heavy (non-hydrogen) atoms. The number of aromatic nitrogens is 1. The summed E-state index contributed by atoms with van der Waals surface area (Å²) in [4.78, 5) is 6.91. The molecule has 6 rings (SSSR count). The largest absolute Gasteiger partial charge is 0.444 e. The maximum atomic E-state index is 14.8. The van der Waals surface area contributed by atoms with Crippen molar-refractivity contribution in [1.82, 2.24) is 9.88 Å². The molecule has 2 unspecified atom stereocenters. The van der Waals surface area contributed by atoms with E-state index in [-0.39, 0.29) is 17.2 Å². The molecular formula is C31H31ClFN3O4S. The Labute approximate surface area is 244 Å². The minimum Gasteiger partial charge on any atom is -0.444 e. The number of likely N-dealkylation sites (tertiary alicyclic amines) is 1. The summed E-state index contributed by atoms with van der Waals surface area (Å²) in [5, 5.41) is 9.31. The molecule has 4 heterocycles. The Hall–Kier alpha value is -3.19. The van der Waals surface area contributed by atoms with Crippen LogP contribution in [0.25, 0.3) is 0 Å². The van der Waals surface area contributed by atoms with Gasteiger partial charge in [-0.1, -0.05) is 23.7 Å². The van der Waals surface area contributed by atoms with Gasteiger partial charge in [0.1, 0.15) is 11.9 Å². The summed E-state index contributed by atoms with van der Waals surface area (Å²) in [5.74, 6) is -0.0644. The van der Waals surface area contributed by atoms with E-state index in [1.165, 1.54) is 6.07 Å². The van der Waals surface area contributed by atoms with Crippen molar-refractivity contribution < 1.29 is 22.3 Å². The lowest BCUT2D eigenvalue weighted by Gasteiger charge is -2.33. The van der Waals surface area contributed by atoms with Crippen LogP contribution in [0.4, 0.5) is 4.39 Å². The number of piperidine rings is 1. The molecule has 214 valence electrons. The number of pyridine rings is 1. The SMILES string of the molecule is CC1(c2ccc(Cl)cc2F)Oc2cccc(C3CCN(Cc4ncc(C#N)cc4CC4CCCS4(=O)=O)CC3)c2O1. The first kappa shape index (κ1) is 28.0. The number of nitriles is 1. The molecule has 2 atom stereocenters. The predicted molar refractivity (Wildman–Crippen MR) is 153 cm³/mol. The third-order valence-corrected chi connectivity index (χ3v) is 11.0. The van der Waals surface area contributed by atoms with Crippen LogP contribution in [0.5, 0.6) is 11.5 Å². The van der Waals surface area contributed by atoms with Crippen LogP contribution >= 0.6 is 11.6 Å². The van der Waals surface area contributed by atoms with E-state index in [0.29, 0.717) is 47.9 Å². The number of halogens is 2. The van der Waals surface area contributed by atoms with Gasteiger partial charge in [-0.25, -0.2) is 12.8 Å². The second-order valence-corrected chi connectivity index (χ2v) is 14.1. The quantitative estimate of drug-likeness (QED) is 0.351. The highest BCUT2D eigenvalue weighted by Crippen LogP contribution is 2.49. The summed E-state index contributed by atoms with van der Waals surface area (Å²) in [5.41, 5.74) is 3.46. The van der Waals surface area contributed by atoms with Gasteiger partial charge in [-0.2, -0.15) is 5.26 Å². The fraction of sp³-hybridized carbons (Fsp3) is 0.419. The highest BCUT2D eigenvalue weighted by atomic mass is 35.5. The number of para-hydroxylation sites is 1. The molecule has 0 N–H and O–H groups in total. The van der Waals surface area contributed by atoms with Crippen LogP contribution in [-0.2, 0) is 28.6 Å². The molecule has 3 aromatic rings. The van der Waals surface area contributed by atoms with Crippen molar-refractivity contribution in [2.75, 3.05) is 18.8 Å². The third kappa shape index (κ3) is 5.53. The second kappa shape index (κ2) is 10.9. The average molecular weight is 596 g/mol. The summed E-state index contributed by atoms with van der Waals surface area (Å²) in [6, 6.07) is 14.2. The van der Waals surface area contributed by atoms with E-state index >= 15 is 0 Å². The van der Waals surface area contributed by atoms with Crippen LogP contribution in [0.3, 0.4) is 0 Å². The summed E-state index contributed by atoms with van der Waals surface area (Å²) >= 11 is 5.95. The number of fused-ring (bicyclic) bond motifs is 1. The minimum absolute atomic E-state index is 0.234. The van der Waals surface area contributed by atoms with Crippen LogP contribution in [0.2, 0.25) is 5.02 Å². The Morgan fingerprint density at radius 1 is 1.17 bits per heavy atom. The first-order valence-electron chi connectivity index (χ1n) is 13.9. The predicted octanol–water partition coefficient (Wildman–Crippen LogP) is 5.89. The standard InChI is InChI=1S/C31H31ClFN3O4S/c1-31(26-8-7-23(32)16-27(26)33)39-29-6-2-5-25(30(29)40-31)21-9-11-36(12-10-21)19-28-22(14-20(17-34)18-35-28)15-24-4-3-13-41(24,37)38/h2,5-8,14,16,18,21,24H,3-4,9-13,15,19H2,1H3. The topological polar surface area (TPSA) is 92.5 Å². The van der Waals surface area contributed by atoms with Gasteiger partial charge >= 0.3 is 0 Å². The number of hydrogen-bond acceptors (Lipinski definition) is 7. The zero-order valence-corrected chi connectivity index (χ0v) is 24.3. The van der Waals surface area contributed by atoms with Crippen LogP contribution < -0.4 is 9.47 Å². The molecule has 2 fully saturated rings. The van der Waals surface area contributed by atoms with Gasteiger partial charge in [-0.3, -0.25) is 9.88 Å². The highest BCUT2D eigenvalue weighted by Gasteiger charge is 2.43. The molecule has 2 aromatic carbocycles. The molecule has 3 aliphatic heterocycles. The Morgan fingerprint density at radius 2 is 1.98 bits per heavy atom. The van der Waals surface area contributed by atoms with Crippen LogP contribution in [-0.4, -0.2) is 42.4 Å². The van der Waals surface area contributed by atoms with Gasteiger partial charge in [-0.05, 0) is 87.0 Å². The van der Waals surface area contributed by atoms with E-state index in [4.69, 9.17) is 21.1 Å². The molecule has 0 aliphatic carbocycles. The molecule has 10 heteroatoms. The van der Waals surface area contributed by atoms with E-state index < -0.39 is 26.7 Å². The molecule has 0 bridgehead atoms. The molecular weight excluding hydrogens is 565 g/mol. The first-order valence-corrected chi connectivity index (χ1v) is 16.0. The smallest absolute Gasteiger partial charge is 0.278 e. The van der Waals surface area contributed by atoms with Crippen molar-refractivity contribution in [3.63, 3.8) is 0 Å². The third-order valence-electron chi connectivity index (χ3n) is 8.53. The minimum atomic E-state index is -3.10. The molecule has 0 spiro atoms. The lowest BCUT2D eigenvalue weighted by Crippen LogP contribution is -2.34. The van der Waals surface area contributed by atoms with E-state index in [2.05, 4.69) is 22.0 Å². The van der Waals surface area contributed by atoms with Crippen molar-refractivity contribution in [3.8, 4) is 17.6 Å². The van der Waals surface area contributed by atoms with Gasteiger partial charge in [0.2, 0.25) is 0 Å². The van der Waals surface area contributed by atoms with E-state index in [1.807, 2.05) is 12.1 Å². The van der Waals surface area contributed by atoms with Crippen molar-refractivity contribution >= 4 is 21.4 Å². The van der Waals surface area contributed by atoms with Crippen molar-refractivity contribution in [2.45, 2.75) is 62.5 Å². The van der Waals surface area contributed by atoms with E-state index in [9.17, 15) is 18.1 Å². The van der Waals surface area contributed by atoms with Gasteiger partial charge in [0, 0.05) is 30.3 Å². The number of benzene rings is 2. The van der Waals surface area contributed by atoms with Gasteiger partial charge in [0.15, 0.2) is 21.3 Å². The summed E-state index contributed by atoms with van der Waals surface area (Å²) in [7, 11) is -3.10. The zero-order chi connectivity index (χ0) is 28.8. The molecule has 0 saturated carbocycles. The Balaban J connectivity index is 1.15. The number of hydrogen-bond donors (Lipinski definition) is 0. The Morgan fingerprint density at radius 3 is 2.68 bits per heavy atom. The van der Waals surface area contributed by atoms with Crippen LogP contribution in [0, 0.1) is 17.1 Å². The summed E-state index contributed by atoms with van der Waals surface area (Å²) < 4.78 is 52.2. The van der Waals surface area contributed by atoms with Crippen molar-refractivity contribution in [1.29, 1.82) is 5.26 Å². The normalized spacial score (nSPS) is 23.9. The fourth-order valence-electron chi connectivity index (χ4n) is 6.30. The molecule has 2 saturated heterocycles. The van der Waals surface area contributed by atoms with Gasteiger partial charge < -0.3 is 9.47 Å². The molecule has 1 aromatic heterocycles. The lowest BCUT2D eigenvalue weighted by molar-refractivity contribution is -0.0712. The summed E-state index contributed by atoms with van der Waals surface area (Å²) in [6.07, 6.45) is 5.08. The number of sulfone groups is 1. The van der Waals surface area contributed by atoms with Crippen molar-refractivity contribution in [2.24, 2.45) is 0 Å². The lowest BCUT2D eigenvalue weighted by atomic mass is 9.88. The second-order valence-electron chi connectivity index (χ2n) is 11.3. The number of rotatable bonds is 6. The fourth-order valence-corrected chi connectivity index (χ4v) is 8.32. The molecule has 0 radical (unpaired) electrons. The Bertz CT molecular complexity index is 1630. The van der Waals surface area contributed by atoms with Crippen LogP contribution in [0.15, 0.2) is 48.7 Å². The zero-order valence-electron chi connectivity index (χ0n) is 22.8. The number of ether oxygens (including phenoxy) is 2.